The molecule has 0 saturated heterocycles. The van der Waals surface area contributed by atoms with Gasteiger partial charge in [-0.25, -0.2) is 0 Å². The second-order valence-electron chi connectivity index (χ2n) is 6.03. The molecule has 0 amide bonds. The van der Waals surface area contributed by atoms with Gasteiger partial charge in [0.1, 0.15) is 11.5 Å². The highest BCUT2D eigenvalue weighted by Crippen LogP contribution is 2.24. The van der Waals surface area contributed by atoms with Crippen LogP contribution in [0.15, 0.2) is 42.5 Å². The number of benzene rings is 2. The Bertz CT molecular complexity index is 644. The van der Waals surface area contributed by atoms with Gasteiger partial charge in [0.2, 0.25) is 0 Å². The zero-order valence-electron chi connectivity index (χ0n) is 14.2. The molecule has 2 aromatic carbocycles. The molecule has 5 N–H and O–H groups in total. The van der Waals surface area contributed by atoms with Gasteiger partial charge < -0.3 is 26.0 Å². The second kappa shape index (κ2) is 8.57. The zero-order valence-corrected chi connectivity index (χ0v) is 14.2. The molecule has 0 aliphatic carbocycles. The van der Waals surface area contributed by atoms with Gasteiger partial charge in [-0.1, -0.05) is 18.2 Å². The quantitative estimate of drug-likeness (QED) is 0.441. The number of nitrogens with one attached hydrogen (secondary N) is 1. The van der Waals surface area contributed by atoms with Crippen molar-refractivity contribution < 1.29 is 14.9 Å². The maximum Gasteiger partial charge on any atom is 0.138 e. The number of aryl methyl sites for hydroxylation is 1. The number of hydrogen-bond donors (Lipinski definition) is 4. The number of nitrogen functional groups attached to an aromatic ring is 1. The predicted molar refractivity (Wildman–Crippen MR) is 96.3 cm³/mol. The van der Waals surface area contributed by atoms with Crippen molar-refractivity contribution in [1.29, 1.82) is 0 Å². The highest BCUT2D eigenvalue weighted by Gasteiger charge is 2.11. The summed E-state index contributed by atoms with van der Waals surface area (Å²) in [4.78, 5) is 0. The summed E-state index contributed by atoms with van der Waals surface area (Å²) >= 11 is 0. The van der Waals surface area contributed by atoms with Crippen LogP contribution < -0.4 is 15.8 Å². The summed E-state index contributed by atoms with van der Waals surface area (Å²) in [6.45, 7) is 2.54. The first-order valence-electron chi connectivity index (χ1n) is 8.12. The van der Waals surface area contributed by atoms with Crippen molar-refractivity contribution in [2.75, 3.05) is 19.4 Å². The summed E-state index contributed by atoms with van der Waals surface area (Å²) < 4.78 is 5.15. The van der Waals surface area contributed by atoms with Crippen LogP contribution in [0.3, 0.4) is 0 Å². The summed E-state index contributed by atoms with van der Waals surface area (Å²) in [5.41, 5.74) is 7.89. The van der Waals surface area contributed by atoms with E-state index in [0.717, 1.165) is 18.6 Å². The average molecular weight is 330 g/mol. The number of nitrogens with two attached hydrogens (primary N) is 1. The number of hydrogen-bond acceptors (Lipinski definition) is 5. The molecular formula is C19H26N2O3. The normalized spacial score (nSPS) is 13.5. The fourth-order valence-electron chi connectivity index (χ4n) is 2.49. The molecule has 0 heterocycles. The standard InChI is InChI=1S/C19H26N2O3/c1-13(3-4-14-5-8-16(24-2)9-6-14)21-12-19(23)15-7-10-18(22)17(20)11-15/h5-11,13,19,21-23H,3-4,12,20H2,1-2H3. The van der Waals surface area contributed by atoms with Crippen molar-refractivity contribution in [3.05, 3.63) is 53.6 Å². The maximum atomic E-state index is 10.2. The molecule has 0 aliphatic heterocycles. The molecule has 2 rings (SSSR count). The van der Waals surface area contributed by atoms with Crippen LogP contribution in [0.2, 0.25) is 0 Å². The van der Waals surface area contributed by atoms with E-state index in [1.54, 1.807) is 19.2 Å². The number of anilines is 1. The molecule has 5 nitrogen and oxygen atoms in total. The van der Waals surface area contributed by atoms with Crippen LogP contribution in [0.1, 0.15) is 30.6 Å². The van der Waals surface area contributed by atoms with Crippen molar-refractivity contribution in [2.45, 2.75) is 31.9 Å². The number of phenolic OH excluding ortho intramolecular Hbond substituents is 1. The van der Waals surface area contributed by atoms with E-state index in [1.807, 2.05) is 12.1 Å². The number of aliphatic hydroxyl groups excluding tert-OH is 1. The third-order valence-corrected chi connectivity index (χ3v) is 4.12. The van der Waals surface area contributed by atoms with Crippen LogP contribution in [0.4, 0.5) is 5.69 Å². The lowest BCUT2D eigenvalue weighted by molar-refractivity contribution is 0.170. The van der Waals surface area contributed by atoms with E-state index < -0.39 is 6.10 Å². The minimum atomic E-state index is -0.656. The number of methoxy groups -OCH3 is 1. The molecule has 0 aliphatic rings. The fourth-order valence-corrected chi connectivity index (χ4v) is 2.49. The van der Waals surface area contributed by atoms with Crippen LogP contribution in [0.25, 0.3) is 0 Å². The molecule has 0 spiro atoms. The summed E-state index contributed by atoms with van der Waals surface area (Å²) in [7, 11) is 1.66. The molecule has 0 aromatic heterocycles. The first-order valence-corrected chi connectivity index (χ1v) is 8.12. The van der Waals surface area contributed by atoms with Crippen LogP contribution in [0.5, 0.6) is 11.5 Å². The van der Waals surface area contributed by atoms with Crippen LogP contribution in [0, 0.1) is 0 Å². The van der Waals surface area contributed by atoms with Crippen molar-refractivity contribution in [3.8, 4) is 11.5 Å². The average Bonchev–Trinajstić information content (AvgIpc) is 2.60. The molecule has 0 bridgehead atoms. The van der Waals surface area contributed by atoms with Crippen molar-refractivity contribution in [3.63, 3.8) is 0 Å². The first-order chi connectivity index (χ1) is 11.5. The van der Waals surface area contributed by atoms with Crippen molar-refractivity contribution in [2.24, 2.45) is 0 Å². The maximum absolute atomic E-state index is 10.2. The smallest absolute Gasteiger partial charge is 0.138 e. The van der Waals surface area contributed by atoms with Gasteiger partial charge in [-0.15, -0.1) is 0 Å². The Morgan fingerprint density at radius 3 is 2.50 bits per heavy atom. The number of aromatic hydroxyl groups is 1. The van der Waals surface area contributed by atoms with Gasteiger partial charge in [0, 0.05) is 12.6 Å². The Hall–Kier alpha value is -2.24. The predicted octanol–water partition coefficient (Wildman–Crippen LogP) is 2.63. The number of rotatable bonds is 8. The van der Waals surface area contributed by atoms with Gasteiger partial charge in [-0.3, -0.25) is 0 Å². The lowest BCUT2D eigenvalue weighted by Gasteiger charge is -2.18. The van der Waals surface area contributed by atoms with E-state index in [2.05, 4.69) is 24.4 Å². The molecular weight excluding hydrogens is 304 g/mol. The molecule has 5 heteroatoms. The largest absolute Gasteiger partial charge is 0.506 e. The molecule has 0 fully saturated rings. The Kier molecular flexibility index (Phi) is 6.46. The minimum absolute atomic E-state index is 0.0340. The molecule has 2 atom stereocenters. The molecule has 24 heavy (non-hydrogen) atoms. The van der Waals surface area contributed by atoms with Crippen molar-refractivity contribution >= 4 is 5.69 Å². The third-order valence-electron chi connectivity index (χ3n) is 4.12. The van der Waals surface area contributed by atoms with Gasteiger partial charge >= 0.3 is 0 Å². The Labute approximate surface area is 143 Å². The number of phenols is 1. The van der Waals surface area contributed by atoms with Gasteiger partial charge in [0.15, 0.2) is 0 Å². The number of aliphatic hydroxyl groups is 1. The Balaban J connectivity index is 1.77. The first kappa shape index (κ1) is 18.1. The van der Waals surface area contributed by atoms with E-state index >= 15 is 0 Å². The monoisotopic (exact) mass is 330 g/mol. The number of ether oxygens (including phenoxy) is 1. The Morgan fingerprint density at radius 1 is 1.17 bits per heavy atom. The van der Waals surface area contributed by atoms with Crippen LogP contribution >= 0.6 is 0 Å². The van der Waals surface area contributed by atoms with E-state index in [1.165, 1.54) is 11.6 Å². The van der Waals surface area contributed by atoms with Crippen molar-refractivity contribution in [1.82, 2.24) is 5.32 Å². The zero-order chi connectivity index (χ0) is 17.5. The fraction of sp³-hybridized carbons (Fsp3) is 0.368. The highest BCUT2D eigenvalue weighted by atomic mass is 16.5. The van der Waals surface area contributed by atoms with E-state index in [0.29, 0.717) is 12.1 Å². The summed E-state index contributed by atoms with van der Waals surface area (Å²) in [6.07, 6.45) is 1.27. The summed E-state index contributed by atoms with van der Waals surface area (Å²) in [5.74, 6) is 0.896. The topological polar surface area (TPSA) is 87.7 Å². The molecule has 2 aromatic rings. The van der Waals surface area contributed by atoms with Gasteiger partial charge in [0.05, 0.1) is 18.9 Å². The Morgan fingerprint density at radius 2 is 1.88 bits per heavy atom. The lowest BCUT2D eigenvalue weighted by atomic mass is 10.0. The van der Waals surface area contributed by atoms with E-state index in [9.17, 15) is 10.2 Å². The second-order valence-corrected chi connectivity index (χ2v) is 6.03. The summed E-state index contributed by atoms with van der Waals surface area (Å²) in [6, 6.07) is 13.1. The third kappa shape index (κ3) is 5.15. The van der Waals surface area contributed by atoms with Crippen LogP contribution in [-0.4, -0.2) is 29.9 Å². The van der Waals surface area contributed by atoms with Gasteiger partial charge in [-0.05, 0) is 55.2 Å². The summed E-state index contributed by atoms with van der Waals surface area (Å²) in [5, 5.41) is 23.0. The lowest BCUT2D eigenvalue weighted by Crippen LogP contribution is -2.30. The van der Waals surface area contributed by atoms with Gasteiger partial charge in [0.25, 0.3) is 0 Å². The molecule has 130 valence electrons. The highest BCUT2D eigenvalue weighted by molar-refractivity contribution is 5.53. The molecule has 0 saturated carbocycles. The van der Waals surface area contributed by atoms with E-state index in [4.69, 9.17) is 10.5 Å². The molecule has 0 radical (unpaired) electrons. The van der Waals surface area contributed by atoms with Gasteiger partial charge in [-0.2, -0.15) is 0 Å². The van der Waals surface area contributed by atoms with E-state index in [-0.39, 0.29) is 17.5 Å². The molecule has 2 unspecified atom stereocenters. The SMILES string of the molecule is COc1ccc(CCC(C)NCC(O)c2ccc(O)c(N)c2)cc1. The minimum Gasteiger partial charge on any atom is -0.506 e. The van der Waals surface area contributed by atoms with Crippen LogP contribution in [-0.2, 0) is 6.42 Å².